The van der Waals surface area contributed by atoms with Crippen molar-refractivity contribution >= 4 is 11.6 Å². The molecule has 0 bridgehead atoms. The standard InChI is InChI=1S/C38H41ClO6/c39-34-18-13-30(22-31(34)21-27-11-14-32(15-12-27)41-19-20-42-33-16-17-33)35-23-36(43-25-28-7-3-1-4-8-28)38(37(24-40)45-35)44-26-29-9-5-2-6-10-29/h1-15,18,22,33,35-38,40H,16-17,19-21,23-26H2. The Morgan fingerprint density at radius 2 is 1.42 bits per heavy atom. The van der Waals surface area contributed by atoms with Crippen LogP contribution in [0.2, 0.25) is 5.02 Å². The molecule has 1 heterocycles. The number of hydrogen-bond donors (Lipinski definition) is 1. The van der Waals surface area contributed by atoms with E-state index in [0.29, 0.717) is 50.4 Å². The first-order valence-electron chi connectivity index (χ1n) is 15.8. The van der Waals surface area contributed by atoms with Crippen LogP contribution < -0.4 is 4.74 Å². The number of halogens is 1. The molecule has 1 aliphatic carbocycles. The summed E-state index contributed by atoms with van der Waals surface area (Å²) in [5.74, 6) is 0.828. The predicted octanol–water partition coefficient (Wildman–Crippen LogP) is 7.48. The van der Waals surface area contributed by atoms with Crippen LogP contribution in [0.15, 0.2) is 103 Å². The van der Waals surface area contributed by atoms with Crippen molar-refractivity contribution in [2.24, 2.45) is 0 Å². The fourth-order valence-electron chi connectivity index (χ4n) is 5.67. The summed E-state index contributed by atoms with van der Waals surface area (Å²) in [6, 6.07) is 34.3. The molecule has 2 fully saturated rings. The van der Waals surface area contributed by atoms with Crippen LogP contribution in [0.3, 0.4) is 0 Å². The highest BCUT2D eigenvalue weighted by Gasteiger charge is 2.41. The zero-order valence-corrected chi connectivity index (χ0v) is 26.2. The molecule has 2 aliphatic rings. The molecule has 0 spiro atoms. The summed E-state index contributed by atoms with van der Waals surface area (Å²) in [6.45, 7) is 1.84. The second-order valence-corrected chi connectivity index (χ2v) is 12.2. The van der Waals surface area contributed by atoms with Gasteiger partial charge in [-0.1, -0.05) is 96.5 Å². The monoisotopic (exact) mass is 628 g/mol. The summed E-state index contributed by atoms with van der Waals surface area (Å²) < 4.78 is 30.9. The Morgan fingerprint density at radius 3 is 2.09 bits per heavy atom. The normalized spacial score (nSPS) is 21.5. The molecular formula is C38H41ClO6. The van der Waals surface area contributed by atoms with Crippen LogP contribution in [0.1, 0.15) is 53.2 Å². The SMILES string of the molecule is OCC1OC(c2ccc(Cl)c(Cc3ccc(OCCOC4CC4)cc3)c2)CC(OCc2ccccc2)C1OCc1ccccc1. The number of benzene rings is 4. The highest BCUT2D eigenvalue weighted by atomic mass is 35.5. The van der Waals surface area contributed by atoms with Gasteiger partial charge in [-0.05, 0) is 65.3 Å². The minimum absolute atomic E-state index is 0.178. The lowest BCUT2D eigenvalue weighted by Gasteiger charge is -2.41. The van der Waals surface area contributed by atoms with E-state index in [4.69, 9.17) is 35.3 Å². The molecular weight excluding hydrogens is 588 g/mol. The Labute approximate surface area is 270 Å². The largest absolute Gasteiger partial charge is 0.491 e. The summed E-state index contributed by atoms with van der Waals surface area (Å²) in [4.78, 5) is 0. The molecule has 6 nitrogen and oxygen atoms in total. The number of rotatable bonds is 15. The number of hydrogen-bond acceptors (Lipinski definition) is 6. The van der Waals surface area contributed by atoms with Gasteiger partial charge in [0.1, 0.15) is 24.6 Å². The molecule has 1 saturated heterocycles. The fraction of sp³-hybridized carbons (Fsp3) is 0.368. The molecule has 1 saturated carbocycles. The van der Waals surface area contributed by atoms with Gasteiger partial charge < -0.3 is 28.8 Å². The van der Waals surface area contributed by atoms with Gasteiger partial charge in [0.25, 0.3) is 0 Å². The van der Waals surface area contributed by atoms with Gasteiger partial charge in [0.2, 0.25) is 0 Å². The lowest BCUT2D eigenvalue weighted by molar-refractivity contribution is -0.217. The molecule has 6 rings (SSSR count). The lowest BCUT2D eigenvalue weighted by atomic mass is 9.92. The smallest absolute Gasteiger partial charge is 0.119 e. The molecule has 4 aromatic rings. The maximum atomic E-state index is 10.4. The van der Waals surface area contributed by atoms with Crippen molar-refractivity contribution in [3.63, 3.8) is 0 Å². The second-order valence-electron chi connectivity index (χ2n) is 11.8. The van der Waals surface area contributed by atoms with Gasteiger partial charge in [0, 0.05) is 11.4 Å². The first-order chi connectivity index (χ1) is 22.1. The van der Waals surface area contributed by atoms with E-state index in [-0.39, 0.29) is 18.8 Å². The topological polar surface area (TPSA) is 66.4 Å². The Hall–Kier alpha value is -3.23. The van der Waals surface area contributed by atoms with Crippen molar-refractivity contribution in [1.82, 2.24) is 0 Å². The maximum absolute atomic E-state index is 10.4. The van der Waals surface area contributed by atoms with Crippen LogP contribution in [-0.2, 0) is 38.6 Å². The van der Waals surface area contributed by atoms with Gasteiger partial charge >= 0.3 is 0 Å². The summed E-state index contributed by atoms with van der Waals surface area (Å²) in [6.07, 6.45) is 2.48. The third kappa shape index (κ3) is 9.17. The highest BCUT2D eigenvalue weighted by Crippen LogP contribution is 2.37. The minimum atomic E-state index is -0.547. The van der Waals surface area contributed by atoms with Crippen molar-refractivity contribution in [2.45, 2.75) is 69.4 Å². The molecule has 4 atom stereocenters. The van der Waals surface area contributed by atoms with E-state index in [1.165, 1.54) is 12.8 Å². The van der Waals surface area contributed by atoms with Crippen molar-refractivity contribution in [2.75, 3.05) is 19.8 Å². The summed E-state index contributed by atoms with van der Waals surface area (Å²) in [7, 11) is 0. The average molecular weight is 629 g/mol. The molecule has 0 aromatic heterocycles. The van der Waals surface area contributed by atoms with E-state index in [2.05, 4.69) is 18.2 Å². The van der Waals surface area contributed by atoms with Crippen molar-refractivity contribution in [3.05, 3.63) is 136 Å². The Morgan fingerprint density at radius 1 is 0.733 bits per heavy atom. The summed E-state index contributed by atoms with van der Waals surface area (Å²) in [5, 5.41) is 11.1. The summed E-state index contributed by atoms with van der Waals surface area (Å²) in [5.41, 5.74) is 5.28. The van der Waals surface area contributed by atoms with E-state index in [0.717, 1.165) is 33.6 Å². The third-order valence-corrected chi connectivity index (χ3v) is 8.65. The van der Waals surface area contributed by atoms with E-state index in [1.807, 2.05) is 84.9 Å². The first-order valence-corrected chi connectivity index (χ1v) is 16.2. The quantitative estimate of drug-likeness (QED) is 0.138. The molecule has 1 N–H and O–H groups in total. The zero-order valence-electron chi connectivity index (χ0n) is 25.4. The average Bonchev–Trinajstić information content (AvgIpc) is 3.92. The van der Waals surface area contributed by atoms with Gasteiger partial charge in [-0.2, -0.15) is 0 Å². The molecule has 236 valence electrons. The van der Waals surface area contributed by atoms with E-state index in [9.17, 15) is 5.11 Å². The summed E-state index contributed by atoms with van der Waals surface area (Å²) >= 11 is 6.69. The molecule has 1 aliphatic heterocycles. The van der Waals surface area contributed by atoms with Gasteiger partial charge in [0.05, 0.1) is 44.7 Å². The third-order valence-electron chi connectivity index (χ3n) is 8.28. The Balaban J connectivity index is 1.14. The van der Waals surface area contributed by atoms with Crippen LogP contribution >= 0.6 is 11.6 Å². The number of aliphatic hydroxyl groups excluding tert-OH is 1. The van der Waals surface area contributed by atoms with Gasteiger partial charge in [0.15, 0.2) is 0 Å². The highest BCUT2D eigenvalue weighted by molar-refractivity contribution is 6.31. The molecule has 45 heavy (non-hydrogen) atoms. The van der Waals surface area contributed by atoms with Crippen LogP contribution in [0.25, 0.3) is 0 Å². The van der Waals surface area contributed by atoms with Crippen LogP contribution in [0.4, 0.5) is 0 Å². The minimum Gasteiger partial charge on any atom is -0.491 e. The van der Waals surface area contributed by atoms with E-state index >= 15 is 0 Å². The number of ether oxygens (including phenoxy) is 5. The lowest BCUT2D eigenvalue weighted by Crippen LogP contribution is -2.50. The van der Waals surface area contributed by atoms with Gasteiger partial charge in [-0.25, -0.2) is 0 Å². The molecule has 7 heteroatoms. The Bertz CT molecular complexity index is 1460. The van der Waals surface area contributed by atoms with Crippen LogP contribution in [0, 0.1) is 0 Å². The molecule has 0 radical (unpaired) electrons. The Kier molecular flexibility index (Phi) is 11.2. The van der Waals surface area contributed by atoms with Crippen LogP contribution in [-0.4, -0.2) is 49.3 Å². The maximum Gasteiger partial charge on any atom is 0.119 e. The van der Waals surface area contributed by atoms with Crippen molar-refractivity contribution < 1.29 is 28.8 Å². The van der Waals surface area contributed by atoms with Gasteiger partial charge in [-0.3, -0.25) is 0 Å². The predicted molar refractivity (Wildman–Crippen MR) is 175 cm³/mol. The number of aliphatic hydroxyl groups is 1. The van der Waals surface area contributed by atoms with Gasteiger partial charge in [-0.15, -0.1) is 0 Å². The molecule has 4 aromatic carbocycles. The van der Waals surface area contributed by atoms with Crippen LogP contribution in [0.5, 0.6) is 5.75 Å². The van der Waals surface area contributed by atoms with Crippen molar-refractivity contribution in [3.8, 4) is 5.75 Å². The first kappa shape index (κ1) is 31.7. The zero-order chi connectivity index (χ0) is 30.8. The van der Waals surface area contributed by atoms with E-state index in [1.54, 1.807) is 0 Å². The second kappa shape index (κ2) is 15.9. The molecule has 4 unspecified atom stereocenters. The molecule has 0 amide bonds. The van der Waals surface area contributed by atoms with E-state index < -0.39 is 12.2 Å². The van der Waals surface area contributed by atoms with Crippen molar-refractivity contribution in [1.29, 1.82) is 0 Å². The fourth-order valence-corrected chi connectivity index (χ4v) is 5.86.